The molecule has 0 saturated heterocycles. The second-order valence-corrected chi connectivity index (χ2v) is 4.94. The maximum absolute atomic E-state index is 10.0. The Labute approximate surface area is 101 Å². The van der Waals surface area contributed by atoms with Crippen molar-refractivity contribution in [2.45, 2.75) is 37.2 Å². The number of ether oxygens (including phenoxy) is 1. The lowest BCUT2D eigenvalue weighted by Gasteiger charge is -2.37. The first-order chi connectivity index (χ1) is 8.04. The highest BCUT2D eigenvalue weighted by molar-refractivity contribution is 5.75. The van der Waals surface area contributed by atoms with Gasteiger partial charge in [0.2, 0.25) is 0 Å². The first-order valence-electron chi connectivity index (χ1n) is 5.93. The number of amidine groups is 1. The SMILES string of the molecule is CN(C)C1=N[C@@H]2[C@@H](O)[C@H](O)[C@@H](CCO)C[C@@H]2O1. The molecule has 2 aliphatic rings. The summed E-state index contributed by atoms with van der Waals surface area (Å²) in [4.78, 5) is 6.03. The van der Waals surface area contributed by atoms with Gasteiger partial charge < -0.3 is 25.0 Å². The second kappa shape index (κ2) is 4.80. The molecule has 0 radical (unpaired) electrons. The molecule has 1 saturated carbocycles. The molecule has 1 aliphatic carbocycles. The van der Waals surface area contributed by atoms with E-state index in [2.05, 4.69) is 4.99 Å². The zero-order valence-electron chi connectivity index (χ0n) is 10.2. The maximum Gasteiger partial charge on any atom is 0.287 e. The van der Waals surface area contributed by atoms with Crippen molar-refractivity contribution >= 4 is 6.02 Å². The average molecular weight is 244 g/mol. The molecule has 6 heteroatoms. The molecule has 6 nitrogen and oxygen atoms in total. The maximum atomic E-state index is 10.0. The van der Waals surface area contributed by atoms with E-state index in [1.54, 1.807) is 4.90 Å². The summed E-state index contributed by atoms with van der Waals surface area (Å²) < 4.78 is 5.65. The van der Waals surface area contributed by atoms with Crippen LogP contribution in [0, 0.1) is 5.92 Å². The Balaban J connectivity index is 2.10. The molecule has 2 rings (SSSR count). The summed E-state index contributed by atoms with van der Waals surface area (Å²) in [6.45, 7) is 0.00717. The molecule has 0 aromatic heterocycles. The molecule has 98 valence electrons. The van der Waals surface area contributed by atoms with Crippen LogP contribution in [0.15, 0.2) is 4.99 Å². The third-order valence-electron chi connectivity index (χ3n) is 3.50. The number of nitrogens with zero attached hydrogens (tertiary/aromatic N) is 2. The third kappa shape index (κ3) is 2.25. The fourth-order valence-electron chi connectivity index (χ4n) is 2.52. The van der Waals surface area contributed by atoms with Crippen molar-refractivity contribution < 1.29 is 20.1 Å². The van der Waals surface area contributed by atoms with Gasteiger partial charge in [0.15, 0.2) is 0 Å². The highest BCUT2D eigenvalue weighted by Crippen LogP contribution is 2.34. The Hall–Kier alpha value is -0.850. The molecule has 0 aromatic carbocycles. The van der Waals surface area contributed by atoms with Crippen molar-refractivity contribution in [2.75, 3.05) is 20.7 Å². The zero-order chi connectivity index (χ0) is 12.6. The molecule has 0 amide bonds. The van der Waals surface area contributed by atoms with E-state index in [1.807, 2.05) is 14.1 Å². The van der Waals surface area contributed by atoms with Crippen LogP contribution in [-0.2, 0) is 4.74 Å². The predicted octanol–water partition coefficient (Wildman–Crippen LogP) is -1.20. The Bertz CT molecular complexity index is 308. The molecule has 0 unspecified atom stereocenters. The Morgan fingerprint density at radius 3 is 2.65 bits per heavy atom. The molecule has 5 atom stereocenters. The summed E-state index contributed by atoms with van der Waals surface area (Å²) in [5.74, 6) is -0.132. The summed E-state index contributed by atoms with van der Waals surface area (Å²) in [6, 6.07) is 0.105. The number of hydrogen-bond acceptors (Lipinski definition) is 6. The summed E-state index contributed by atoms with van der Waals surface area (Å²) in [5.41, 5.74) is 0. The van der Waals surface area contributed by atoms with Crippen LogP contribution in [0.5, 0.6) is 0 Å². The van der Waals surface area contributed by atoms with Gasteiger partial charge in [-0.25, -0.2) is 4.99 Å². The zero-order valence-corrected chi connectivity index (χ0v) is 10.2. The minimum Gasteiger partial charge on any atom is -0.459 e. The smallest absolute Gasteiger partial charge is 0.287 e. The largest absolute Gasteiger partial charge is 0.459 e. The lowest BCUT2D eigenvalue weighted by atomic mass is 9.78. The van der Waals surface area contributed by atoms with Crippen LogP contribution in [-0.4, -0.2) is 71.3 Å². The first-order valence-corrected chi connectivity index (χ1v) is 5.93. The standard InChI is InChI=1S/C11H20N2O4/c1-13(2)11-12-8-7(17-11)5-6(3-4-14)9(15)10(8)16/h6-10,14-16H,3-5H2,1-2H3/t6-,7-,8-,9+,10+/m0/s1. The molecule has 1 aliphatic heterocycles. The van der Waals surface area contributed by atoms with Gasteiger partial charge in [-0.2, -0.15) is 0 Å². The van der Waals surface area contributed by atoms with Crippen LogP contribution in [0.25, 0.3) is 0 Å². The number of aliphatic hydroxyl groups excluding tert-OH is 3. The molecule has 1 heterocycles. The lowest BCUT2D eigenvalue weighted by molar-refractivity contribution is -0.0884. The quantitative estimate of drug-likeness (QED) is 0.568. The van der Waals surface area contributed by atoms with Gasteiger partial charge in [0.05, 0.1) is 6.10 Å². The van der Waals surface area contributed by atoms with Crippen molar-refractivity contribution in [3.63, 3.8) is 0 Å². The highest BCUT2D eigenvalue weighted by atomic mass is 16.5. The van der Waals surface area contributed by atoms with Crippen LogP contribution in [0.1, 0.15) is 12.8 Å². The second-order valence-electron chi connectivity index (χ2n) is 4.94. The van der Waals surface area contributed by atoms with Crippen LogP contribution >= 0.6 is 0 Å². The van der Waals surface area contributed by atoms with Crippen molar-refractivity contribution in [3.05, 3.63) is 0 Å². The topological polar surface area (TPSA) is 85.5 Å². The summed E-state index contributed by atoms with van der Waals surface area (Å²) in [6.07, 6.45) is -0.853. The van der Waals surface area contributed by atoms with E-state index in [4.69, 9.17) is 9.84 Å². The van der Waals surface area contributed by atoms with Crippen LogP contribution in [0.2, 0.25) is 0 Å². The van der Waals surface area contributed by atoms with Crippen LogP contribution in [0.4, 0.5) is 0 Å². The van der Waals surface area contributed by atoms with Gasteiger partial charge >= 0.3 is 0 Å². The van der Waals surface area contributed by atoms with Crippen LogP contribution in [0.3, 0.4) is 0 Å². The van der Waals surface area contributed by atoms with Gasteiger partial charge in [-0.15, -0.1) is 0 Å². The molecular formula is C11H20N2O4. The monoisotopic (exact) mass is 244 g/mol. The van der Waals surface area contributed by atoms with E-state index in [1.165, 1.54) is 0 Å². The van der Waals surface area contributed by atoms with Crippen molar-refractivity contribution in [1.82, 2.24) is 4.90 Å². The molecule has 0 aromatic rings. The third-order valence-corrected chi connectivity index (χ3v) is 3.50. The summed E-state index contributed by atoms with van der Waals surface area (Å²) in [7, 11) is 3.65. The van der Waals surface area contributed by atoms with Gasteiger partial charge in [-0.1, -0.05) is 0 Å². The average Bonchev–Trinajstić information content (AvgIpc) is 2.70. The van der Waals surface area contributed by atoms with E-state index >= 15 is 0 Å². The minimum atomic E-state index is -0.914. The first kappa shape index (κ1) is 12.6. The minimum absolute atomic E-state index is 0.00717. The molecule has 3 N–H and O–H groups in total. The predicted molar refractivity (Wildman–Crippen MR) is 61.6 cm³/mol. The van der Waals surface area contributed by atoms with Crippen molar-refractivity contribution in [1.29, 1.82) is 0 Å². The number of hydrogen-bond donors (Lipinski definition) is 3. The lowest BCUT2D eigenvalue weighted by Crippen LogP contribution is -2.51. The number of aliphatic hydroxyl groups is 3. The summed E-state index contributed by atoms with van der Waals surface area (Å²) >= 11 is 0. The fraction of sp³-hybridized carbons (Fsp3) is 0.909. The Morgan fingerprint density at radius 2 is 2.06 bits per heavy atom. The van der Waals surface area contributed by atoms with Gasteiger partial charge in [-0.3, -0.25) is 0 Å². The highest BCUT2D eigenvalue weighted by Gasteiger charge is 2.47. The molecule has 0 spiro atoms. The van der Waals surface area contributed by atoms with E-state index in [0.717, 1.165) is 0 Å². The van der Waals surface area contributed by atoms with Gasteiger partial charge in [0, 0.05) is 20.7 Å². The molecular weight excluding hydrogens is 224 g/mol. The van der Waals surface area contributed by atoms with Gasteiger partial charge in [-0.05, 0) is 18.8 Å². The van der Waals surface area contributed by atoms with E-state index in [9.17, 15) is 10.2 Å². The Kier molecular flexibility index (Phi) is 3.56. The number of rotatable bonds is 2. The van der Waals surface area contributed by atoms with E-state index in [0.29, 0.717) is 18.9 Å². The number of aliphatic imine (C=N–C) groups is 1. The van der Waals surface area contributed by atoms with E-state index in [-0.39, 0.29) is 18.6 Å². The van der Waals surface area contributed by atoms with Crippen LogP contribution < -0.4 is 0 Å². The summed E-state index contributed by atoms with van der Waals surface area (Å²) in [5, 5.41) is 28.9. The van der Waals surface area contributed by atoms with Gasteiger partial charge in [0.25, 0.3) is 6.02 Å². The van der Waals surface area contributed by atoms with Crippen molar-refractivity contribution in [3.8, 4) is 0 Å². The van der Waals surface area contributed by atoms with Gasteiger partial charge in [0.1, 0.15) is 18.2 Å². The van der Waals surface area contributed by atoms with E-state index < -0.39 is 18.2 Å². The van der Waals surface area contributed by atoms with Crippen molar-refractivity contribution in [2.24, 2.45) is 10.9 Å². The molecule has 17 heavy (non-hydrogen) atoms. The fourth-order valence-corrected chi connectivity index (χ4v) is 2.52. The Morgan fingerprint density at radius 1 is 1.35 bits per heavy atom. The number of fused-ring (bicyclic) bond motifs is 1. The molecule has 1 fully saturated rings. The normalized spacial score (nSPS) is 40.5. The molecule has 0 bridgehead atoms.